The minimum absolute atomic E-state index is 0.0822. The van der Waals surface area contributed by atoms with E-state index in [-0.39, 0.29) is 18.1 Å². The van der Waals surface area contributed by atoms with Crippen molar-refractivity contribution in [3.8, 4) is 22.8 Å². The number of fused-ring (bicyclic) bond motifs is 2. The fraction of sp³-hybridized carbons (Fsp3) is 0.375. The van der Waals surface area contributed by atoms with Crippen LogP contribution < -0.4 is 20.1 Å². The first-order valence-electron chi connectivity index (χ1n) is 14.8. The lowest BCUT2D eigenvalue weighted by Gasteiger charge is -2.18. The molecule has 11 heteroatoms. The van der Waals surface area contributed by atoms with Crippen molar-refractivity contribution in [3.63, 3.8) is 0 Å². The van der Waals surface area contributed by atoms with Gasteiger partial charge in [-0.05, 0) is 80.8 Å². The Labute approximate surface area is 248 Å². The maximum absolute atomic E-state index is 12.9. The van der Waals surface area contributed by atoms with Gasteiger partial charge in [-0.2, -0.15) is 9.97 Å². The van der Waals surface area contributed by atoms with E-state index in [4.69, 9.17) is 23.9 Å². The van der Waals surface area contributed by atoms with Gasteiger partial charge < -0.3 is 34.6 Å². The fourth-order valence-electron chi connectivity index (χ4n) is 6.16. The van der Waals surface area contributed by atoms with E-state index < -0.39 is 6.10 Å². The molecule has 5 aromatic rings. The maximum atomic E-state index is 12.9. The van der Waals surface area contributed by atoms with Crippen LogP contribution >= 0.6 is 0 Å². The van der Waals surface area contributed by atoms with Gasteiger partial charge in [0.2, 0.25) is 11.8 Å². The smallest absolute Gasteiger partial charge is 0.251 e. The summed E-state index contributed by atoms with van der Waals surface area (Å²) in [6.45, 7) is 1.83. The lowest BCUT2D eigenvalue weighted by molar-refractivity contribution is 0.0873. The number of nitrogens with one attached hydrogen (secondary N) is 3. The molecule has 2 saturated carbocycles. The highest BCUT2D eigenvalue weighted by Crippen LogP contribution is 2.38. The number of aromatic amines is 1. The Morgan fingerprint density at radius 2 is 1.91 bits per heavy atom. The van der Waals surface area contributed by atoms with Gasteiger partial charge in [0, 0.05) is 24.2 Å². The Hall–Kier alpha value is -4.64. The van der Waals surface area contributed by atoms with Crippen molar-refractivity contribution in [3.05, 3.63) is 54.0 Å². The number of H-pyrrole nitrogens is 1. The average molecular weight is 583 g/mol. The van der Waals surface area contributed by atoms with Crippen LogP contribution in [-0.2, 0) is 0 Å². The Morgan fingerprint density at radius 3 is 2.70 bits per heavy atom. The minimum atomic E-state index is -0.512. The second kappa shape index (κ2) is 11.2. The SMILES string of the molecule is COc1cc(C(=O)N[C@@H]2CCCC2O)ccc1Nc1nc(OC2CCCC2)c2c(-c3ccc4nc(C)oc4c3)c[nH]c2n1. The molecular weight excluding hydrogens is 548 g/mol. The predicted molar refractivity (Wildman–Crippen MR) is 162 cm³/mol. The molecule has 43 heavy (non-hydrogen) atoms. The van der Waals surface area contributed by atoms with Crippen LogP contribution in [0.25, 0.3) is 33.3 Å². The van der Waals surface area contributed by atoms with Gasteiger partial charge >= 0.3 is 0 Å². The molecule has 1 amide bonds. The molecule has 2 aromatic carbocycles. The number of nitrogens with zero attached hydrogens (tertiary/aromatic N) is 3. The summed E-state index contributed by atoms with van der Waals surface area (Å²) in [7, 11) is 1.55. The van der Waals surface area contributed by atoms with E-state index in [1.54, 1.807) is 25.3 Å². The van der Waals surface area contributed by atoms with E-state index >= 15 is 0 Å². The topological polar surface area (TPSA) is 147 Å². The summed E-state index contributed by atoms with van der Waals surface area (Å²) in [4.78, 5) is 30.2. The van der Waals surface area contributed by atoms with Crippen molar-refractivity contribution in [2.75, 3.05) is 12.4 Å². The molecule has 0 bridgehead atoms. The van der Waals surface area contributed by atoms with Gasteiger partial charge in [-0.1, -0.05) is 6.07 Å². The largest absolute Gasteiger partial charge is 0.495 e. The molecule has 4 N–H and O–H groups in total. The Balaban J connectivity index is 1.21. The van der Waals surface area contributed by atoms with Crippen LogP contribution in [-0.4, -0.2) is 56.3 Å². The molecule has 7 rings (SSSR count). The lowest BCUT2D eigenvalue weighted by Crippen LogP contribution is -2.39. The summed E-state index contributed by atoms with van der Waals surface area (Å²) in [6.07, 6.45) is 8.05. The number of aliphatic hydroxyl groups is 1. The molecule has 0 spiro atoms. The van der Waals surface area contributed by atoms with Gasteiger partial charge in [-0.15, -0.1) is 0 Å². The molecule has 2 aliphatic rings. The van der Waals surface area contributed by atoms with Gasteiger partial charge in [0.15, 0.2) is 11.5 Å². The third-order valence-corrected chi connectivity index (χ3v) is 8.39. The third-order valence-electron chi connectivity index (χ3n) is 8.39. The number of amides is 1. The maximum Gasteiger partial charge on any atom is 0.251 e. The standard InChI is InChI=1S/C32H34N6O5/c1-17-34-24-12-10-18(14-27(24)42-17)21-16-33-29-28(21)31(43-20-6-3-4-7-20)38-32(37-29)36-23-13-11-19(15-26(23)41-2)30(40)35-22-8-5-9-25(22)39/h10-16,20,22,25,39H,3-9H2,1-2H3,(H,35,40)(H2,33,36,37,38)/t22-,25?/m1/s1. The normalized spacial score (nSPS) is 18.9. The molecule has 2 fully saturated rings. The molecule has 3 aromatic heterocycles. The predicted octanol–water partition coefficient (Wildman–Crippen LogP) is 5.79. The highest BCUT2D eigenvalue weighted by atomic mass is 16.5. The number of methoxy groups -OCH3 is 1. The zero-order valence-corrected chi connectivity index (χ0v) is 24.1. The number of aliphatic hydroxyl groups excluding tert-OH is 1. The van der Waals surface area contributed by atoms with Crippen LogP contribution in [0.3, 0.4) is 0 Å². The zero-order chi connectivity index (χ0) is 29.5. The number of rotatable bonds is 8. The molecule has 0 aliphatic heterocycles. The van der Waals surface area contributed by atoms with Crippen LogP contribution in [0, 0.1) is 6.92 Å². The minimum Gasteiger partial charge on any atom is -0.495 e. The molecule has 2 atom stereocenters. The Morgan fingerprint density at radius 1 is 1.05 bits per heavy atom. The summed E-state index contributed by atoms with van der Waals surface area (Å²) in [6, 6.07) is 10.8. The molecule has 3 heterocycles. The molecule has 2 aliphatic carbocycles. The van der Waals surface area contributed by atoms with E-state index in [0.29, 0.717) is 52.4 Å². The van der Waals surface area contributed by atoms with Crippen molar-refractivity contribution < 1.29 is 23.8 Å². The number of hydrogen-bond acceptors (Lipinski definition) is 9. The van der Waals surface area contributed by atoms with Crippen molar-refractivity contribution in [1.29, 1.82) is 0 Å². The van der Waals surface area contributed by atoms with Gasteiger partial charge in [0.1, 0.15) is 23.0 Å². The number of benzene rings is 2. The van der Waals surface area contributed by atoms with E-state index in [2.05, 4.69) is 20.6 Å². The van der Waals surface area contributed by atoms with Crippen LogP contribution in [0.2, 0.25) is 0 Å². The summed E-state index contributed by atoms with van der Waals surface area (Å²) in [5, 5.41) is 17.1. The number of aromatic nitrogens is 4. The molecule has 222 valence electrons. The van der Waals surface area contributed by atoms with Crippen molar-refractivity contribution >= 4 is 39.7 Å². The summed E-state index contributed by atoms with van der Waals surface area (Å²) < 4.78 is 17.9. The molecule has 11 nitrogen and oxygen atoms in total. The summed E-state index contributed by atoms with van der Waals surface area (Å²) in [5.74, 6) is 1.66. The highest BCUT2D eigenvalue weighted by molar-refractivity contribution is 5.99. The number of aryl methyl sites for hydroxylation is 1. The quantitative estimate of drug-likeness (QED) is 0.178. The Kier molecular flexibility index (Phi) is 7.10. The number of ether oxygens (including phenoxy) is 2. The first kappa shape index (κ1) is 27.2. The molecule has 1 unspecified atom stereocenters. The van der Waals surface area contributed by atoms with Crippen molar-refractivity contribution in [2.24, 2.45) is 0 Å². The van der Waals surface area contributed by atoms with Crippen LogP contribution in [0.4, 0.5) is 11.6 Å². The molecule has 0 radical (unpaired) electrons. The summed E-state index contributed by atoms with van der Waals surface area (Å²) >= 11 is 0. The van der Waals surface area contributed by atoms with Crippen molar-refractivity contribution in [1.82, 2.24) is 25.3 Å². The number of oxazole rings is 1. The fourth-order valence-corrected chi connectivity index (χ4v) is 6.16. The van der Waals surface area contributed by atoms with Gasteiger partial charge in [0.25, 0.3) is 5.91 Å². The Bertz CT molecular complexity index is 1810. The number of anilines is 2. The number of hydrogen-bond donors (Lipinski definition) is 4. The summed E-state index contributed by atoms with van der Waals surface area (Å²) in [5.41, 5.74) is 5.03. The van der Waals surface area contributed by atoms with Gasteiger partial charge in [-0.3, -0.25) is 4.79 Å². The first-order chi connectivity index (χ1) is 20.9. The van der Waals surface area contributed by atoms with E-state index in [1.165, 1.54) is 0 Å². The number of carbonyl (C=O) groups excluding carboxylic acids is 1. The zero-order valence-electron chi connectivity index (χ0n) is 24.1. The first-order valence-corrected chi connectivity index (χ1v) is 14.8. The molecular formula is C32H34N6O5. The second-order valence-electron chi connectivity index (χ2n) is 11.3. The van der Waals surface area contributed by atoms with E-state index in [1.807, 2.05) is 31.3 Å². The van der Waals surface area contributed by atoms with Gasteiger partial charge in [0.05, 0.1) is 30.3 Å². The number of carbonyl (C=O) groups is 1. The van der Waals surface area contributed by atoms with Crippen LogP contribution in [0.15, 0.2) is 47.0 Å². The van der Waals surface area contributed by atoms with Crippen molar-refractivity contribution in [2.45, 2.75) is 70.1 Å². The molecule has 0 saturated heterocycles. The highest BCUT2D eigenvalue weighted by Gasteiger charge is 2.27. The lowest BCUT2D eigenvalue weighted by atomic mass is 10.1. The third kappa shape index (κ3) is 5.36. The van der Waals surface area contributed by atoms with Crippen LogP contribution in [0.5, 0.6) is 11.6 Å². The monoisotopic (exact) mass is 582 g/mol. The van der Waals surface area contributed by atoms with Crippen LogP contribution in [0.1, 0.15) is 61.2 Å². The van der Waals surface area contributed by atoms with E-state index in [9.17, 15) is 9.90 Å². The second-order valence-corrected chi connectivity index (χ2v) is 11.3. The average Bonchev–Trinajstić information content (AvgIpc) is 3.81. The van der Waals surface area contributed by atoms with Gasteiger partial charge in [-0.25, -0.2) is 4.98 Å². The van der Waals surface area contributed by atoms with E-state index in [0.717, 1.165) is 60.6 Å².